The zero-order chi connectivity index (χ0) is 24.5. The standard InChI is InChI=1S/C25H32O8S/c1-16-11-13-18(14-12-16)34(28,29)23(27)19(26)20-21-22(33-25(2,3)32-21)24(31-20)30-15-7-10-17-8-5-4-6-9-17/h4-6,8-9,11-14,19-24,26-27H,7,10,15H2,1-3H3/t19-,20+,21-,22-,23?,24-/m0/s1. The van der Waals surface area contributed by atoms with E-state index in [1.165, 1.54) is 17.7 Å². The van der Waals surface area contributed by atoms with Crippen molar-refractivity contribution in [1.82, 2.24) is 0 Å². The Morgan fingerprint density at radius 2 is 1.65 bits per heavy atom. The Bertz CT molecular complexity index is 1050. The number of sulfone groups is 1. The summed E-state index contributed by atoms with van der Waals surface area (Å²) in [5.74, 6) is -0.969. The lowest BCUT2D eigenvalue weighted by Gasteiger charge is -2.28. The first kappa shape index (κ1) is 25.2. The summed E-state index contributed by atoms with van der Waals surface area (Å²) in [5.41, 5.74) is -0.0393. The van der Waals surface area contributed by atoms with Crippen molar-refractivity contribution in [2.45, 2.75) is 80.4 Å². The number of fused-ring (bicyclic) bond motifs is 1. The molecule has 0 amide bonds. The van der Waals surface area contributed by atoms with Crippen LogP contribution in [0, 0.1) is 6.92 Å². The Morgan fingerprint density at radius 1 is 1.00 bits per heavy atom. The molecule has 34 heavy (non-hydrogen) atoms. The molecule has 9 heteroatoms. The molecule has 1 unspecified atom stereocenters. The van der Waals surface area contributed by atoms with E-state index in [1.54, 1.807) is 26.0 Å². The minimum atomic E-state index is -4.23. The molecule has 0 aliphatic carbocycles. The second-order valence-corrected chi connectivity index (χ2v) is 11.3. The lowest BCUT2D eigenvalue weighted by atomic mass is 10.1. The van der Waals surface area contributed by atoms with Crippen molar-refractivity contribution in [3.05, 3.63) is 65.7 Å². The highest BCUT2D eigenvalue weighted by Gasteiger charge is 2.59. The summed E-state index contributed by atoms with van der Waals surface area (Å²) in [4.78, 5) is -0.0863. The van der Waals surface area contributed by atoms with E-state index in [0.717, 1.165) is 18.4 Å². The van der Waals surface area contributed by atoms with Gasteiger partial charge in [0, 0.05) is 0 Å². The molecule has 2 heterocycles. The van der Waals surface area contributed by atoms with Crippen LogP contribution >= 0.6 is 0 Å². The van der Waals surface area contributed by atoms with E-state index in [2.05, 4.69) is 0 Å². The normalized spacial score (nSPS) is 27.9. The largest absolute Gasteiger partial charge is 0.386 e. The Morgan fingerprint density at radius 3 is 2.32 bits per heavy atom. The molecule has 186 valence electrons. The number of hydrogen-bond acceptors (Lipinski definition) is 8. The smallest absolute Gasteiger partial charge is 0.207 e. The first-order valence-corrected chi connectivity index (χ1v) is 13.0. The SMILES string of the molecule is Cc1ccc(S(=O)(=O)C(O)[C@@H](O)[C@H]2O[C@H](OCCCc3ccccc3)[C@H]3OC(C)(C)O[C@H]32)cc1. The van der Waals surface area contributed by atoms with Crippen LogP contribution in [0.1, 0.15) is 31.4 Å². The van der Waals surface area contributed by atoms with Gasteiger partial charge in [0.25, 0.3) is 0 Å². The van der Waals surface area contributed by atoms with E-state index in [-0.39, 0.29) is 4.90 Å². The highest BCUT2D eigenvalue weighted by molar-refractivity contribution is 7.92. The van der Waals surface area contributed by atoms with Crippen LogP contribution < -0.4 is 0 Å². The highest BCUT2D eigenvalue weighted by Crippen LogP contribution is 2.41. The van der Waals surface area contributed by atoms with Crippen molar-refractivity contribution < 1.29 is 37.6 Å². The molecule has 4 rings (SSSR count). The van der Waals surface area contributed by atoms with E-state index in [0.29, 0.717) is 6.61 Å². The Balaban J connectivity index is 1.43. The first-order chi connectivity index (χ1) is 16.1. The van der Waals surface area contributed by atoms with Crippen LogP contribution in [0.5, 0.6) is 0 Å². The summed E-state index contributed by atoms with van der Waals surface area (Å²) in [6.45, 7) is 5.65. The van der Waals surface area contributed by atoms with Crippen molar-refractivity contribution in [2.24, 2.45) is 0 Å². The molecule has 2 N–H and O–H groups in total. The number of hydrogen-bond donors (Lipinski definition) is 2. The number of aliphatic hydroxyl groups excluding tert-OH is 2. The molecule has 0 aromatic heterocycles. The van der Waals surface area contributed by atoms with Crippen molar-refractivity contribution in [3.8, 4) is 0 Å². The Hall–Kier alpha value is -1.85. The summed E-state index contributed by atoms with van der Waals surface area (Å²) in [6, 6.07) is 16.1. The molecule has 6 atom stereocenters. The molecular formula is C25H32O8S. The number of benzene rings is 2. The Labute approximate surface area is 200 Å². The topological polar surface area (TPSA) is 112 Å². The van der Waals surface area contributed by atoms with E-state index >= 15 is 0 Å². The molecule has 2 saturated heterocycles. The van der Waals surface area contributed by atoms with Gasteiger partial charge in [-0.1, -0.05) is 48.0 Å². The van der Waals surface area contributed by atoms with E-state index < -0.39 is 51.8 Å². The van der Waals surface area contributed by atoms with E-state index in [4.69, 9.17) is 18.9 Å². The zero-order valence-corrected chi connectivity index (χ0v) is 20.4. The summed E-state index contributed by atoms with van der Waals surface area (Å²) in [7, 11) is -4.23. The third-order valence-corrected chi connectivity index (χ3v) is 7.92. The fourth-order valence-electron chi connectivity index (χ4n) is 4.33. The van der Waals surface area contributed by atoms with Gasteiger partial charge in [0.15, 0.2) is 17.5 Å². The zero-order valence-electron chi connectivity index (χ0n) is 19.5. The van der Waals surface area contributed by atoms with Crippen molar-refractivity contribution in [3.63, 3.8) is 0 Å². The van der Waals surface area contributed by atoms with Crippen LogP contribution in [0.3, 0.4) is 0 Å². The molecule has 0 saturated carbocycles. The molecule has 2 aliphatic heterocycles. The molecule has 2 fully saturated rings. The van der Waals surface area contributed by atoms with Crippen molar-refractivity contribution in [2.75, 3.05) is 6.61 Å². The first-order valence-electron chi connectivity index (χ1n) is 11.4. The summed E-state index contributed by atoms with van der Waals surface area (Å²) < 4.78 is 49.4. The number of rotatable bonds is 9. The molecule has 0 bridgehead atoms. The summed E-state index contributed by atoms with van der Waals surface area (Å²) in [5, 5.41) is 21.5. The van der Waals surface area contributed by atoms with Gasteiger partial charge >= 0.3 is 0 Å². The molecule has 0 spiro atoms. The van der Waals surface area contributed by atoms with Gasteiger partial charge in [0.1, 0.15) is 24.4 Å². The number of ether oxygens (including phenoxy) is 4. The third-order valence-electron chi connectivity index (χ3n) is 6.08. The van der Waals surface area contributed by atoms with E-state index in [9.17, 15) is 18.6 Å². The molecule has 2 aromatic carbocycles. The van der Waals surface area contributed by atoms with Gasteiger partial charge in [-0.3, -0.25) is 0 Å². The quantitative estimate of drug-likeness (QED) is 0.513. The maximum atomic E-state index is 12.9. The molecule has 2 aromatic rings. The van der Waals surface area contributed by atoms with E-state index in [1.807, 2.05) is 37.3 Å². The average Bonchev–Trinajstić information content (AvgIpc) is 3.29. The Kier molecular flexibility index (Phi) is 7.44. The van der Waals surface area contributed by atoms with Gasteiger partial charge < -0.3 is 29.2 Å². The predicted octanol–water partition coefficient (Wildman–Crippen LogP) is 2.34. The van der Waals surface area contributed by atoms with Gasteiger partial charge in [-0.2, -0.15) is 0 Å². The maximum absolute atomic E-state index is 12.9. The lowest BCUT2D eigenvalue weighted by molar-refractivity contribution is -0.245. The number of aryl methyl sites for hydroxylation is 2. The second-order valence-electron chi connectivity index (χ2n) is 9.23. The van der Waals surface area contributed by atoms with Gasteiger partial charge in [-0.15, -0.1) is 0 Å². The lowest BCUT2D eigenvalue weighted by Crippen LogP contribution is -2.47. The minimum absolute atomic E-state index is 0.0863. The minimum Gasteiger partial charge on any atom is -0.386 e. The van der Waals surface area contributed by atoms with Crippen LogP contribution in [0.2, 0.25) is 0 Å². The van der Waals surface area contributed by atoms with Gasteiger partial charge in [0.2, 0.25) is 9.84 Å². The average molecular weight is 493 g/mol. The van der Waals surface area contributed by atoms with Crippen LogP contribution in [-0.4, -0.2) is 67.2 Å². The van der Waals surface area contributed by atoms with Gasteiger partial charge in [-0.05, 0) is 51.3 Å². The van der Waals surface area contributed by atoms with Gasteiger partial charge in [-0.25, -0.2) is 8.42 Å². The van der Waals surface area contributed by atoms with Crippen LogP contribution in [0.15, 0.2) is 59.5 Å². The molecule has 0 radical (unpaired) electrons. The second kappa shape index (κ2) is 10.0. The highest BCUT2D eigenvalue weighted by atomic mass is 32.2. The van der Waals surface area contributed by atoms with Gasteiger partial charge in [0.05, 0.1) is 11.5 Å². The monoisotopic (exact) mass is 492 g/mol. The fourth-order valence-corrected chi connectivity index (χ4v) is 5.65. The maximum Gasteiger partial charge on any atom is 0.207 e. The molecule has 8 nitrogen and oxygen atoms in total. The van der Waals surface area contributed by atoms with Crippen LogP contribution in [0.4, 0.5) is 0 Å². The van der Waals surface area contributed by atoms with Crippen molar-refractivity contribution in [1.29, 1.82) is 0 Å². The fraction of sp³-hybridized carbons (Fsp3) is 0.520. The third kappa shape index (κ3) is 5.36. The number of aliphatic hydroxyl groups is 2. The predicted molar refractivity (Wildman–Crippen MR) is 124 cm³/mol. The summed E-state index contributed by atoms with van der Waals surface area (Å²) in [6.07, 6.45) is -3.69. The van der Waals surface area contributed by atoms with Crippen molar-refractivity contribution >= 4 is 9.84 Å². The van der Waals surface area contributed by atoms with Crippen LogP contribution in [0.25, 0.3) is 0 Å². The molecule has 2 aliphatic rings. The molecular weight excluding hydrogens is 460 g/mol. The summed E-state index contributed by atoms with van der Waals surface area (Å²) >= 11 is 0. The van der Waals surface area contributed by atoms with Crippen LogP contribution in [-0.2, 0) is 35.2 Å².